The number of aromatic nitrogens is 2. The van der Waals surface area contributed by atoms with E-state index >= 15 is 0 Å². The molecule has 4 rings (SSSR count). The van der Waals surface area contributed by atoms with E-state index in [1.807, 2.05) is 6.20 Å². The molecule has 4 heterocycles. The summed E-state index contributed by atoms with van der Waals surface area (Å²) in [7, 11) is 1.57. The number of carbonyl (C=O) groups excluding carboxylic acids is 1. The van der Waals surface area contributed by atoms with Gasteiger partial charge in [-0.2, -0.15) is 18.3 Å². The molecule has 0 saturated carbocycles. The number of rotatable bonds is 5. The molecule has 2 aromatic heterocycles. The molecule has 1 saturated heterocycles. The average molecular weight is 473 g/mol. The van der Waals surface area contributed by atoms with E-state index in [0.29, 0.717) is 49.4 Å². The molecule has 2 N–H and O–H groups in total. The minimum absolute atomic E-state index is 0.0128. The molecule has 2 aliphatic rings. The summed E-state index contributed by atoms with van der Waals surface area (Å²) in [5.74, 6) is -0.130. The van der Waals surface area contributed by atoms with E-state index in [9.17, 15) is 23.1 Å². The van der Waals surface area contributed by atoms with Gasteiger partial charge in [0.2, 0.25) is 5.91 Å². The number of amides is 1. The molecule has 11 heteroatoms. The second-order valence-electron chi connectivity index (χ2n) is 8.46. The molecular formula is C21H27F3N4O3S. The minimum atomic E-state index is -4.48. The van der Waals surface area contributed by atoms with Crippen molar-refractivity contribution in [2.24, 2.45) is 0 Å². The summed E-state index contributed by atoms with van der Waals surface area (Å²) in [6, 6.07) is 0.0750. The fraction of sp³-hybridized carbons (Fsp3) is 0.619. The zero-order valence-corrected chi connectivity index (χ0v) is 18.9. The molecule has 0 aliphatic carbocycles. The number of hydrogen-bond acceptors (Lipinski definition) is 6. The number of hydrogen-bond donors (Lipinski definition) is 2. The van der Waals surface area contributed by atoms with Crippen molar-refractivity contribution < 1.29 is 27.8 Å². The van der Waals surface area contributed by atoms with Crippen LogP contribution in [0.15, 0.2) is 12.4 Å². The van der Waals surface area contributed by atoms with Crippen LogP contribution in [0, 0.1) is 0 Å². The van der Waals surface area contributed by atoms with E-state index in [2.05, 4.69) is 22.2 Å². The van der Waals surface area contributed by atoms with Crippen molar-refractivity contribution >= 4 is 17.2 Å². The average Bonchev–Trinajstić information content (AvgIpc) is 3.35. The Hall–Kier alpha value is -1.95. The smallest absolute Gasteiger partial charge is 0.392 e. The van der Waals surface area contributed by atoms with Crippen LogP contribution in [-0.4, -0.2) is 51.9 Å². The van der Waals surface area contributed by atoms with Gasteiger partial charge in [-0.05, 0) is 31.7 Å². The highest BCUT2D eigenvalue weighted by molar-refractivity contribution is 7.12. The number of likely N-dealkylation sites (tertiary alicyclic amines) is 1. The molecule has 0 aromatic carbocycles. The van der Waals surface area contributed by atoms with Crippen LogP contribution in [0.2, 0.25) is 0 Å². The maximum absolute atomic E-state index is 13.6. The van der Waals surface area contributed by atoms with Crippen molar-refractivity contribution in [3.8, 4) is 0 Å². The first-order valence-electron chi connectivity index (χ1n) is 10.6. The van der Waals surface area contributed by atoms with Crippen LogP contribution in [-0.2, 0) is 47.4 Å². The van der Waals surface area contributed by atoms with Crippen molar-refractivity contribution in [2.45, 2.75) is 63.7 Å². The molecule has 2 aliphatic heterocycles. The van der Waals surface area contributed by atoms with Crippen LogP contribution in [0.5, 0.6) is 0 Å². The van der Waals surface area contributed by atoms with Crippen LogP contribution in [0.25, 0.3) is 0 Å². The summed E-state index contributed by atoms with van der Waals surface area (Å²) in [6.07, 6.45) is 0.640. The molecule has 0 bridgehead atoms. The van der Waals surface area contributed by atoms with Crippen molar-refractivity contribution in [3.63, 3.8) is 0 Å². The molecule has 2 aromatic rings. The largest absolute Gasteiger partial charge is 0.425 e. The maximum Gasteiger partial charge on any atom is 0.425 e. The Morgan fingerprint density at radius 2 is 2.25 bits per heavy atom. The summed E-state index contributed by atoms with van der Waals surface area (Å²) in [6.45, 7) is 3.25. The number of carbonyl (C=O) groups is 1. The third kappa shape index (κ3) is 4.30. The Kier molecular flexibility index (Phi) is 6.36. The first kappa shape index (κ1) is 23.2. The van der Waals surface area contributed by atoms with Gasteiger partial charge in [-0.3, -0.25) is 14.4 Å². The molecule has 2 atom stereocenters. The zero-order valence-electron chi connectivity index (χ0n) is 18.0. The number of halogens is 3. The van der Waals surface area contributed by atoms with E-state index in [1.54, 1.807) is 17.9 Å². The van der Waals surface area contributed by atoms with Crippen LogP contribution < -0.4 is 5.32 Å². The third-order valence-electron chi connectivity index (χ3n) is 6.38. The van der Waals surface area contributed by atoms with Crippen molar-refractivity contribution in [1.82, 2.24) is 20.0 Å². The van der Waals surface area contributed by atoms with Gasteiger partial charge in [0.1, 0.15) is 17.0 Å². The lowest BCUT2D eigenvalue weighted by Crippen LogP contribution is -2.50. The lowest BCUT2D eigenvalue weighted by molar-refractivity contribution is -0.135. The van der Waals surface area contributed by atoms with Crippen molar-refractivity contribution in [3.05, 3.63) is 38.8 Å². The monoisotopic (exact) mass is 472 g/mol. The summed E-state index contributed by atoms with van der Waals surface area (Å²) < 4.78 is 48.5. The van der Waals surface area contributed by atoms with Gasteiger partial charge in [-0.25, -0.2) is 0 Å². The van der Waals surface area contributed by atoms with E-state index in [-0.39, 0.29) is 24.1 Å². The second-order valence-corrected chi connectivity index (χ2v) is 9.48. The number of fused-ring (bicyclic) bond motifs is 2. The predicted molar refractivity (Wildman–Crippen MR) is 112 cm³/mol. The van der Waals surface area contributed by atoms with Gasteiger partial charge in [-0.1, -0.05) is 0 Å². The first-order chi connectivity index (χ1) is 15.2. The standard InChI is InChI=1S/C21H27F3N4O3S/c1-13-7-20(4-5-27(13)9-14-8-26-28(10-14)11-17(30)25-2)18-15(3-6-31-20)16(12-29)19(32-18)21(22,23)24/h8,10,13,29H,3-7,9,11-12H2,1-2H3,(H,25,30)/t13-,20+/m0/s1. The SMILES string of the molecule is CNC(=O)Cn1cc(CN2CC[C@]3(C[C@@H]2C)OCCc2c3sc(C(F)(F)F)c2CO)cn1. The number of alkyl halides is 3. The zero-order chi connectivity index (χ0) is 23.1. The fourth-order valence-electron chi connectivity index (χ4n) is 4.80. The Morgan fingerprint density at radius 1 is 1.47 bits per heavy atom. The summed E-state index contributed by atoms with van der Waals surface area (Å²) in [5, 5.41) is 16.5. The van der Waals surface area contributed by atoms with Crippen molar-refractivity contribution in [2.75, 3.05) is 20.2 Å². The third-order valence-corrected chi connectivity index (χ3v) is 7.89. The van der Waals surface area contributed by atoms with E-state index in [4.69, 9.17) is 4.74 Å². The predicted octanol–water partition coefficient (Wildman–Crippen LogP) is 2.65. The molecule has 0 unspecified atom stereocenters. The lowest BCUT2D eigenvalue weighted by atomic mass is 9.81. The van der Waals surface area contributed by atoms with Gasteiger partial charge < -0.3 is 15.2 Å². The molecule has 1 spiro atoms. The second kappa shape index (κ2) is 8.77. The van der Waals surface area contributed by atoms with Crippen LogP contribution >= 0.6 is 11.3 Å². The van der Waals surface area contributed by atoms with Crippen LogP contribution in [0.1, 0.15) is 46.2 Å². The normalized spacial score (nSPS) is 24.0. The number of thiophene rings is 1. The van der Waals surface area contributed by atoms with Crippen LogP contribution in [0.4, 0.5) is 13.2 Å². The highest BCUT2D eigenvalue weighted by Crippen LogP contribution is 2.51. The van der Waals surface area contributed by atoms with Gasteiger partial charge >= 0.3 is 6.18 Å². The van der Waals surface area contributed by atoms with E-state index < -0.39 is 23.3 Å². The molecule has 0 radical (unpaired) electrons. The molecular weight excluding hydrogens is 445 g/mol. The number of aliphatic hydroxyl groups excluding tert-OH is 1. The number of piperidine rings is 1. The van der Waals surface area contributed by atoms with Crippen LogP contribution in [0.3, 0.4) is 0 Å². The molecule has 1 amide bonds. The number of nitrogens with one attached hydrogen (secondary N) is 1. The number of aliphatic hydroxyl groups is 1. The maximum atomic E-state index is 13.6. The van der Waals surface area contributed by atoms with Gasteiger partial charge in [0.25, 0.3) is 0 Å². The molecule has 32 heavy (non-hydrogen) atoms. The van der Waals surface area contributed by atoms with E-state index in [0.717, 1.165) is 16.9 Å². The molecule has 7 nitrogen and oxygen atoms in total. The Bertz CT molecular complexity index is 990. The summed E-state index contributed by atoms with van der Waals surface area (Å²) in [5.41, 5.74) is 0.858. The van der Waals surface area contributed by atoms with Gasteiger partial charge in [0.05, 0.1) is 19.4 Å². The highest BCUT2D eigenvalue weighted by atomic mass is 32.1. The van der Waals surface area contributed by atoms with Gasteiger partial charge in [0.15, 0.2) is 0 Å². The fourth-order valence-corrected chi connectivity index (χ4v) is 6.21. The minimum Gasteiger partial charge on any atom is -0.392 e. The number of nitrogens with zero attached hydrogens (tertiary/aromatic N) is 3. The summed E-state index contributed by atoms with van der Waals surface area (Å²) in [4.78, 5) is 13.7. The highest BCUT2D eigenvalue weighted by Gasteiger charge is 2.48. The first-order valence-corrected chi connectivity index (χ1v) is 11.4. The Balaban J connectivity index is 1.52. The lowest BCUT2D eigenvalue weighted by Gasteiger charge is -2.47. The Morgan fingerprint density at radius 3 is 2.91 bits per heavy atom. The topological polar surface area (TPSA) is 79.6 Å². The Labute approximate surface area is 188 Å². The van der Waals surface area contributed by atoms with Crippen molar-refractivity contribution in [1.29, 1.82) is 0 Å². The molecule has 176 valence electrons. The quantitative estimate of drug-likeness (QED) is 0.700. The summed E-state index contributed by atoms with van der Waals surface area (Å²) >= 11 is 0.737. The van der Waals surface area contributed by atoms with Gasteiger partial charge in [0, 0.05) is 48.4 Å². The number of ether oxygens (including phenoxy) is 1. The van der Waals surface area contributed by atoms with E-state index in [1.165, 1.54) is 0 Å². The number of likely N-dealkylation sites (N-methyl/N-ethyl adjacent to an activating group) is 1. The van der Waals surface area contributed by atoms with Gasteiger partial charge in [-0.15, -0.1) is 11.3 Å². The molecule has 1 fully saturated rings.